The van der Waals surface area contributed by atoms with Crippen molar-refractivity contribution in [2.75, 3.05) is 12.0 Å². The molecule has 0 saturated heterocycles. The van der Waals surface area contributed by atoms with Crippen LogP contribution in [0.3, 0.4) is 0 Å². The van der Waals surface area contributed by atoms with Gasteiger partial charge in [-0.3, -0.25) is 4.90 Å². The van der Waals surface area contributed by atoms with Gasteiger partial charge in [-0.25, -0.2) is 4.79 Å². The Bertz CT molecular complexity index is 458. The lowest BCUT2D eigenvalue weighted by atomic mass is 9.96. The first kappa shape index (κ1) is 11.4. The Kier molecular flexibility index (Phi) is 2.99. The number of benzene rings is 1. The van der Waals surface area contributed by atoms with Gasteiger partial charge in [-0.1, -0.05) is 0 Å². The summed E-state index contributed by atoms with van der Waals surface area (Å²) in [4.78, 5) is 23.2. The Morgan fingerprint density at radius 2 is 2.35 bits per heavy atom. The lowest BCUT2D eigenvalue weighted by molar-refractivity contribution is -0.109. The van der Waals surface area contributed by atoms with Gasteiger partial charge in [0.1, 0.15) is 12.0 Å². The van der Waals surface area contributed by atoms with Gasteiger partial charge < -0.3 is 14.6 Å². The highest BCUT2D eigenvalue weighted by Crippen LogP contribution is 2.32. The molecule has 1 N–H and O–H groups in total. The molecule has 1 aromatic rings. The predicted molar refractivity (Wildman–Crippen MR) is 61.7 cm³/mol. The van der Waals surface area contributed by atoms with Crippen LogP contribution in [0.5, 0.6) is 5.75 Å². The summed E-state index contributed by atoms with van der Waals surface area (Å²) in [6.07, 6.45) is 0.769. The molecule has 2 rings (SSSR count). The molecule has 1 aromatic carbocycles. The SMILES string of the molecule is COc1ccc2c(c1)CC[C@@H](C=O)N2C(=O)O. The van der Waals surface area contributed by atoms with Crippen LogP contribution in [0, 0.1) is 0 Å². The molecule has 90 valence electrons. The van der Waals surface area contributed by atoms with Crippen molar-refractivity contribution in [3.05, 3.63) is 23.8 Å². The summed E-state index contributed by atoms with van der Waals surface area (Å²) in [7, 11) is 1.56. The number of aldehydes is 1. The number of aryl methyl sites for hydroxylation is 1. The van der Waals surface area contributed by atoms with E-state index >= 15 is 0 Å². The number of amides is 1. The van der Waals surface area contributed by atoms with E-state index in [1.54, 1.807) is 19.2 Å². The zero-order chi connectivity index (χ0) is 12.4. The zero-order valence-corrected chi connectivity index (χ0v) is 9.42. The van der Waals surface area contributed by atoms with E-state index in [4.69, 9.17) is 9.84 Å². The largest absolute Gasteiger partial charge is 0.497 e. The summed E-state index contributed by atoms with van der Waals surface area (Å²) in [5, 5.41) is 9.15. The van der Waals surface area contributed by atoms with Gasteiger partial charge in [0.2, 0.25) is 0 Å². The van der Waals surface area contributed by atoms with Crippen molar-refractivity contribution in [3.8, 4) is 5.75 Å². The van der Waals surface area contributed by atoms with Gasteiger partial charge >= 0.3 is 6.09 Å². The molecule has 1 aliphatic rings. The summed E-state index contributed by atoms with van der Waals surface area (Å²) in [6.45, 7) is 0. The molecule has 0 saturated carbocycles. The first-order valence-corrected chi connectivity index (χ1v) is 5.31. The fraction of sp³-hybridized carbons (Fsp3) is 0.333. The number of hydrogen-bond donors (Lipinski definition) is 1. The standard InChI is InChI=1S/C12H13NO4/c1-17-10-4-5-11-8(6-10)2-3-9(7-14)13(11)12(15)16/h4-7,9H,2-3H2,1H3,(H,15,16)/t9-/m0/s1. The van der Waals surface area contributed by atoms with E-state index in [2.05, 4.69) is 0 Å². The summed E-state index contributed by atoms with van der Waals surface area (Å²) in [5.74, 6) is 0.693. The van der Waals surface area contributed by atoms with E-state index in [0.29, 0.717) is 30.6 Å². The molecule has 0 unspecified atom stereocenters. The quantitative estimate of drug-likeness (QED) is 0.792. The van der Waals surface area contributed by atoms with Crippen molar-refractivity contribution in [2.45, 2.75) is 18.9 Å². The van der Waals surface area contributed by atoms with Crippen molar-refractivity contribution in [2.24, 2.45) is 0 Å². The summed E-state index contributed by atoms with van der Waals surface area (Å²) < 4.78 is 5.09. The van der Waals surface area contributed by atoms with Crippen LogP contribution < -0.4 is 9.64 Å². The molecular weight excluding hydrogens is 222 g/mol. The minimum Gasteiger partial charge on any atom is -0.497 e. The third kappa shape index (κ3) is 1.95. The Labute approximate surface area is 98.6 Å². The molecule has 5 heteroatoms. The number of ether oxygens (including phenoxy) is 1. The van der Waals surface area contributed by atoms with Crippen LogP contribution >= 0.6 is 0 Å². The second-order valence-corrected chi connectivity index (χ2v) is 3.89. The first-order valence-electron chi connectivity index (χ1n) is 5.31. The molecule has 1 atom stereocenters. The highest BCUT2D eigenvalue weighted by molar-refractivity contribution is 5.93. The van der Waals surface area contributed by atoms with E-state index in [1.807, 2.05) is 6.07 Å². The zero-order valence-electron chi connectivity index (χ0n) is 9.42. The minimum atomic E-state index is -1.10. The van der Waals surface area contributed by atoms with Gasteiger partial charge in [0, 0.05) is 0 Å². The average molecular weight is 235 g/mol. The highest BCUT2D eigenvalue weighted by atomic mass is 16.5. The predicted octanol–water partition coefficient (Wildman–Crippen LogP) is 1.69. The van der Waals surface area contributed by atoms with E-state index in [9.17, 15) is 9.59 Å². The Morgan fingerprint density at radius 1 is 1.59 bits per heavy atom. The number of hydrogen-bond acceptors (Lipinski definition) is 3. The van der Waals surface area contributed by atoms with E-state index in [-0.39, 0.29) is 0 Å². The molecule has 5 nitrogen and oxygen atoms in total. The van der Waals surface area contributed by atoms with Gasteiger partial charge in [0.25, 0.3) is 0 Å². The molecule has 0 bridgehead atoms. The highest BCUT2D eigenvalue weighted by Gasteiger charge is 2.30. The van der Waals surface area contributed by atoms with Crippen molar-refractivity contribution in [3.63, 3.8) is 0 Å². The molecule has 17 heavy (non-hydrogen) atoms. The van der Waals surface area contributed by atoms with Crippen LogP contribution in [0.4, 0.5) is 10.5 Å². The molecule has 0 fully saturated rings. The van der Waals surface area contributed by atoms with Crippen LogP contribution in [-0.2, 0) is 11.2 Å². The molecule has 0 aliphatic carbocycles. The van der Waals surface area contributed by atoms with Crippen molar-refractivity contribution in [1.82, 2.24) is 0 Å². The van der Waals surface area contributed by atoms with Crippen LogP contribution in [-0.4, -0.2) is 30.6 Å². The fourth-order valence-corrected chi connectivity index (χ4v) is 2.11. The number of carbonyl (C=O) groups is 2. The lowest BCUT2D eigenvalue weighted by Gasteiger charge is -2.32. The van der Waals surface area contributed by atoms with Gasteiger partial charge in [0.05, 0.1) is 18.8 Å². The maximum atomic E-state index is 11.2. The number of rotatable bonds is 2. The van der Waals surface area contributed by atoms with Crippen LogP contribution in [0.1, 0.15) is 12.0 Å². The van der Waals surface area contributed by atoms with Gasteiger partial charge in [0.15, 0.2) is 0 Å². The second-order valence-electron chi connectivity index (χ2n) is 3.89. The van der Waals surface area contributed by atoms with E-state index in [1.165, 1.54) is 0 Å². The number of carboxylic acid groups (broad SMARTS) is 1. The van der Waals surface area contributed by atoms with Gasteiger partial charge in [-0.15, -0.1) is 0 Å². The van der Waals surface area contributed by atoms with Gasteiger partial charge in [-0.2, -0.15) is 0 Å². The monoisotopic (exact) mass is 235 g/mol. The minimum absolute atomic E-state index is 0.510. The van der Waals surface area contributed by atoms with Crippen LogP contribution in [0.15, 0.2) is 18.2 Å². The molecular formula is C12H13NO4. The van der Waals surface area contributed by atoms with Crippen LogP contribution in [0.25, 0.3) is 0 Å². The molecule has 0 radical (unpaired) electrons. The van der Waals surface area contributed by atoms with Crippen molar-refractivity contribution < 1.29 is 19.4 Å². The average Bonchev–Trinajstić information content (AvgIpc) is 2.36. The Balaban J connectivity index is 2.46. The molecule has 0 aromatic heterocycles. The fourth-order valence-electron chi connectivity index (χ4n) is 2.11. The smallest absolute Gasteiger partial charge is 0.412 e. The second kappa shape index (κ2) is 4.45. The first-order chi connectivity index (χ1) is 8.17. The third-order valence-corrected chi connectivity index (χ3v) is 2.95. The van der Waals surface area contributed by atoms with Crippen molar-refractivity contribution >= 4 is 18.1 Å². The molecule has 0 spiro atoms. The molecule has 1 heterocycles. The summed E-state index contributed by atoms with van der Waals surface area (Å²) >= 11 is 0. The lowest BCUT2D eigenvalue weighted by Crippen LogP contribution is -2.43. The molecule has 1 aliphatic heterocycles. The van der Waals surface area contributed by atoms with Gasteiger partial charge in [-0.05, 0) is 36.6 Å². The number of nitrogens with zero attached hydrogens (tertiary/aromatic N) is 1. The molecule has 1 amide bonds. The van der Waals surface area contributed by atoms with Crippen molar-refractivity contribution in [1.29, 1.82) is 0 Å². The summed E-state index contributed by atoms with van der Waals surface area (Å²) in [6, 6.07) is 4.60. The maximum Gasteiger partial charge on any atom is 0.412 e. The topological polar surface area (TPSA) is 66.8 Å². The summed E-state index contributed by atoms with van der Waals surface area (Å²) in [5.41, 5.74) is 1.46. The number of anilines is 1. The normalized spacial score (nSPS) is 18.4. The third-order valence-electron chi connectivity index (χ3n) is 2.95. The van der Waals surface area contributed by atoms with E-state index < -0.39 is 12.1 Å². The van der Waals surface area contributed by atoms with E-state index in [0.717, 1.165) is 10.5 Å². The number of carbonyl (C=O) groups excluding carboxylic acids is 1. The Hall–Kier alpha value is -2.04. The number of methoxy groups -OCH3 is 1. The number of fused-ring (bicyclic) bond motifs is 1. The van der Waals surface area contributed by atoms with Crippen LogP contribution in [0.2, 0.25) is 0 Å². The maximum absolute atomic E-state index is 11.2. The Morgan fingerprint density at radius 3 is 2.94 bits per heavy atom.